The van der Waals surface area contributed by atoms with Crippen molar-refractivity contribution < 1.29 is 4.79 Å². The molecule has 1 aromatic heterocycles. The third-order valence-electron chi connectivity index (χ3n) is 2.51. The van der Waals surface area contributed by atoms with E-state index in [1.54, 1.807) is 18.6 Å². The van der Waals surface area contributed by atoms with Crippen LogP contribution in [0.1, 0.15) is 44.7 Å². The van der Waals surface area contributed by atoms with Crippen LogP contribution in [0.5, 0.6) is 0 Å². The number of aromatic amines is 1. The summed E-state index contributed by atoms with van der Waals surface area (Å²) in [5, 5.41) is 2.86. The molecule has 0 aliphatic rings. The first-order valence-electron chi connectivity index (χ1n) is 6.27. The van der Waals surface area contributed by atoms with Crippen molar-refractivity contribution in [1.29, 1.82) is 0 Å². The maximum atomic E-state index is 11.4. The number of nitrogens with one attached hydrogen (secondary N) is 2. The number of rotatable bonds is 8. The van der Waals surface area contributed by atoms with Crippen LogP contribution in [0.2, 0.25) is 0 Å². The molecule has 0 aromatic carbocycles. The van der Waals surface area contributed by atoms with Crippen molar-refractivity contribution in [2.24, 2.45) is 0 Å². The first-order valence-corrected chi connectivity index (χ1v) is 6.27. The molecular formula is C13H21N3O. The number of nitrogens with zero attached hydrogens (tertiary/aromatic N) is 1. The van der Waals surface area contributed by atoms with Crippen LogP contribution in [-0.4, -0.2) is 22.4 Å². The first kappa shape index (κ1) is 13.5. The van der Waals surface area contributed by atoms with Crippen molar-refractivity contribution in [3.8, 4) is 0 Å². The van der Waals surface area contributed by atoms with E-state index in [2.05, 4.69) is 22.2 Å². The van der Waals surface area contributed by atoms with Crippen LogP contribution >= 0.6 is 0 Å². The van der Waals surface area contributed by atoms with Crippen LogP contribution < -0.4 is 5.32 Å². The van der Waals surface area contributed by atoms with Gasteiger partial charge in [-0.05, 0) is 12.5 Å². The van der Waals surface area contributed by atoms with E-state index in [0.29, 0.717) is 0 Å². The molecule has 17 heavy (non-hydrogen) atoms. The zero-order valence-electron chi connectivity index (χ0n) is 10.4. The van der Waals surface area contributed by atoms with Crippen LogP contribution in [-0.2, 0) is 4.79 Å². The number of amides is 1. The fraction of sp³-hybridized carbons (Fsp3) is 0.538. The summed E-state index contributed by atoms with van der Waals surface area (Å²) in [6.45, 7) is 2.96. The van der Waals surface area contributed by atoms with Gasteiger partial charge in [0.2, 0.25) is 5.91 Å². The Hall–Kier alpha value is -1.58. The second kappa shape index (κ2) is 8.56. The molecule has 1 heterocycles. The lowest BCUT2D eigenvalue weighted by molar-refractivity contribution is -0.116. The van der Waals surface area contributed by atoms with Gasteiger partial charge in [-0.25, -0.2) is 4.98 Å². The molecule has 0 saturated carbocycles. The van der Waals surface area contributed by atoms with E-state index in [4.69, 9.17) is 0 Å². The molecule has 0 radical (unpaired) electrons. The summed E-state index contributed by atoms with van der Waals surface area (Å²) >= 11 is 0. The average Bonchev–Trinajstić information content (AvgIpc) is 2.84. The quantitative estimate of drug-likeness (QED) is 0.537. The fourth-order valence-electron chi connectivity index (χ4n) is 1.52. The lowest BCUT2D eigenvalue weighted by Gasteiger charge is -2.01. The van der Waals surface area contributed by atoms with Crippen LogP contribution in [0.3, 0.4) is 0 Å². The van der Waals surface area contributed by atoms with E-state index in [0.717, 1.165) is 18.7 Å². The second-order valence-electron chi connectivity index (χ2n) is 4.05. The Morgan fingerprint density at radius 1 is 1.41 bits per heavy atom. The van der Waals surface area contributed by atoms with E-state index in [9.17, 15) is 4.79 Å². The molecule has 0 spiro atoms. The minimum atomic E-state index is -0.0462. The van der Waals surface area contributed by atoms with Gasteiger partial charge >= 0.3 is 0 Å². The normalized spacial score (nSPS) is 10.9. The third-order valence-corrected chi connectivity index (χ3v) is 2.51. The van der Waals surface area contributed by atoms with Gasteiger partial charge in [-0.3, -0.25) is 4.79 Å². The zero-order valence-corrected chi connectivity index (χ0v) is 10.4. The molecule has 0 saturated heterocycles. The Bertz CT molecular complexity index is 330. The Morgan fingerprint density at radius 3 is 2.94 bits per heavy atom. The summed E-state index contributed by atoms with van der Waals surface area (Å²) in [5.74, 6) is -0.0462. The smallest absolute Gasteiger partial charge is 0.244 e. The molecule has 1 rings (SSSR count). The Morgan fingerprint density at radius 2 is 2.24 bits per heavy atom. The number of hydrogen-bond donors (Lipinski definition) is 2. The van der Waals surface area contributed by atoms with Gasteiger partial charge < -0.3 is 10.3 Å². The number of unbranched alkanes of at least 4 members (excludes halogenated alkanes) is 4. The van der Waals surface area contributed by atoms with Crippen molar-refractivity contribution in [1.82, 2.24) is 15.3 Å². The third kappa shape index (κ3) is 6.56. The lowest BCUT2D eigenvalue weighted by Crippen LogP contribution is -2.21. The molecule has 2 N–H and O–H groups in total. The molecule has 0 unspecified atom stereocenters. The Kier molecular flexibility index (Phi) is 6.79. The first-order chi connectivity index (χ1) is 8.33. The maximum absolute atomic E-state index is 11.4. The molecular weight excluding hydrogens is 214 g/mol. The van der Waals surface area contributed by atoms with Crippen molar-refractivity contribution >= 4 is 12.0 Å². The van der Waals surface area contributed by atoms with E-state index in [1.165, 1.54) is 31.8 Å². The number of imidazole rings is 1. The summed E-state index contributed by atoms with van der Waals surface area (Å²) in [7, 11) is 0. The van der Waals surface area contributed by atoms with Crippen LogP contribution in [0.4, 0.5) is 0 Å². The molecule has 1 aromatic rings. The number of carbonyl (C=O) groups excluding carboxylic acids is 1. The molecule has 4 heteroatoms. The predicted octanol–water partition coefficient (Wildman–Crippen LogP) is 2.51. The second-order valence-corrected chi connectivity index (χ2v) is 4.05. The van der Waals surface area contributed by atoms with Crippen molar-refractivity contribution in [2.45, 2.75) is 39.0 Å². The SMILES string of the molecule is CCCCCCCNC(=O)/C=C/c1cnc[nH]1. The van der Waals surface area contributed by atoms with Crippen molar-refractivity contribution in [3.05, 3.63) is 24.3 Å². The van der Waals surface area contributed by atoms with E-state index < -0.39 is 0 Å². The van der Waals surface area contributed by atoms with Gasteiger partial charge in [-0.2, -0.15) is 0 Å². The van der Waals surface area contributed by atoms with Gasteiger partial charge in [0.25, 0.3) is 0 Å². The maximum Gasteiger partial charge on any atom is 0.244 e. The monoisotopic (exact) mass is 235 g/mol. The summed E-state index contributed by atoms with van der Waals surface area (Å²) in [5.41, 5.74) is 0.836. The summed E-state index contributed by atoms with van der Waals surface area (Å²) in [6, 6.07) is 0. The minimum absolute atomic E-state index is 0.0462. The Balaban J connectivity index is 2.05. The highest BCUT2D eigenvalue weighted by Gasteiger charge is 1.95. The lowest BCUT2D eigenvalue weighted by atomic mass is 10.1. The highest BCUT2D eigenvalue weighted by Crippen LogP contribution is 2.01. The topological polar surface area (TPSA) is 57.8 Å². The molecule has 4 nitrogen and oxygen atoms in total. The zero-order chi connectivity index (χ0) is 12.3. The number of hydrogen-bond acceptors (Lipinski definition) is 2. The number of aromatic nitrogens is 2. The van der Waals surface area contributed by atoms with Gasteiger partial charge in [0.05, 0.1) is 18.2 Å². The summed E-state index contributed by atoms with van der Waals surface area (Å²) < 4.78 is 0. The average molecular weight is 235 g/mol. The minimum Gasteiger partial charge on any atom is -0.353 e. The molecule has 0 aliphatic heterocycles. The summed E-state index contributed by atoms with van der Waals surface area (Å²) in [4.78, 5) is 18.2. The van der Waals surface area contributed by atoms with Crippen LogP contribution in [0, 0.1) is 0 Å². The molecule has 0 aliphatic carbocycles. The van der Waals surface area contributed by atoms with Gasteiger partial charge in [0.1, 0.15) is 0 Å². The number of H-pyrrole nitrogens is 1. The molecule has 94 valence electrons. The highest BCUT2D eigenvalue weighted by molar-refractivity contribution is 5.91. The largest absolute Gasteiger partial charge is 0.353 e. The van der Waals surface area contributed by atoms with Gasteiger partial charge in [0, 0.05) is 12.6 Å². The van der Waals surface area contributed by atoms with Crippen LogP contribution in [0.15, 0.2) is 18.6 Å². The molecule has 1 amide bonds. The van der Waals surface area contributed by atoms with Gasteiger partial charge in [-0.15, -0.1) is 0 Å². The van der Waals surface area contributed by atoms with E-state index >= 15 is 0 Å². The van der Waals surface area contributed by atoms with Gasteiger partial charge in [0.15, 0.2) is 0 Å². The van der Waals surface area contributed by atoms with Crippen LogP contribution in [0.25, 0.3) is 6.08 Å². The highest BCUT2D eigenvalue weighted by atomic mass is 16.1. The van der Waals surface area contributed by atoms with E-state index in [-0.39, 0.29) is 5.91 Å². The molecule has 0 bridgehead atoms. The molecule has 0 atom stereocenters. The van der Waals surface area contributed by atoms with E-state index in [1.807, 2.05) is 0 Å². The summed E-state index contributed by atoms with van der Waals surface area (Å²) in [6.07, 6.45) is 12.6. The molecule has 0 fully saturated rings. The van der Waals surface area contributed by atoms with Crippen molar-refractivity contribution in [3.63, 3.8) is 0 Å². The van der Waals surface area contributed by atoms with Crippen molar-refractivity contribution in [2.75, 3.05) is 6.54 Å². The van der Waals surface area contributed by atoms with Gasteiger partial charge in [-0.1, -0.05) is 32.6 Å². The predicted molar refractivity (Wildman–Crippen MR) is 69.4 cm³/mol. The standard InChI is InChI=1S/C13H21N3O/c1-2-3-4-5-6-9-15-13(17)8-7-12-10-14-11-16-12/h7-8,10-11H,2-6,9H2,1H3,(H,14,16)(H,15,17)/b8-7+. The number of carbonyl (C=O) groups is 1. The Labute approximate surface area is 103 Å². The fourth-order valence-corrected chi connectivity index (χ4v) is 1.52.